The van der Waals surface area contributed by atoms with Gasteiger partial charge in [-0.1, -0.05) is 110 Å². The molecule has 0 spiro atoms. The molecule has 7 nitrogen and oxygen atoms in total. The molecule has 0 bridgehead atoms. The summed E-state index contributed by atoms with van der Waals surface area (Å²) in [6, 6.07) is 0. The molecule has 0 aromatic heterocycles. The molecule has 1 saturated heterocycles. The number of hydrogen-bond donors (Lipinski definition) is 1. The third-order valence-electron chi connectivity index (χ3n) is 7.31. The maximum Gasteiger partial charge on any atom is 0.472 e. The lowest BCUT2D eigenvalue weighted by Crippen LogP contribution is -2.32. The lowest BCUT2D eigenvalue weighted by molar-refractivity contribution is -0.0224. The fourth-order valence-corrected chi connectivity index (χ4v) is 5.58. The Labute approximate surface area is 229 Å². The summed E-state index contributed by atoms with van der Waals surface area (Å²) in [7, 11) is -2.51. The van der Waals surface area contributed by atoms with E-state index in [0.29, 0.717) is 19.8 Å². The highest BCUT2D eigenvalue weighted by Gasteiger charge is 2.24. The highest BCUT2D eigenvalue weighted by atomic mass is 31.2. The minimum Gasteiger partial charge on any atom is -0.379 e. The number of phosphoric ester groups is 1. The maximum atomic E-state index is 12.1. The largest absolute Gasteiger partial charge is 0.472 e. The first kappa shape index (κ1) is 35.0. The number of unbranched alkanes of at least 4 members (excludes halogenated alkanes) is 15. The van der Waals surface area contributed by atoms with Crippen LogP contribution in [0.4, 0.5) is 0 Å². The Balaban J connectivity index is 1.86. The van der Waals surface area contributed by atoms with E-state index in [1.165, 1.54) is 116 Å². The topological polar surface area (TPSA) is 77.5 Å². The fraction of sp³-hybridized carbons (Fsp3) is 1.00. The Morgan fingerprint density at radius 1 is 0.703 bits per heavy atom. The van der Waals surface area contributed by atoms with Crippen LogP contribution in [0.3, 0.4) is 0 Å². The first-order valence-corrected chi connectivity index (χ1v) is 17.0. The smallest absolute Gasteiger partial charge is 0.379 e. The van der Waals surface area contributed by atoms with E-state index >= 15 is 0 Å². The molecular formula is C29H60NO6P. The van der Waals surface area contributed by atoms with Crippen molar-refractivity contribution in [2.24, 2.45) is 0 Å². The van der Waals surface area contributed by atoms with Crippen LogP contribution in [0.15, 0.2) is 0 Å². The predicted octanol–water partition coefficient (Wildman–Crippen LogP) is 7.90. The van der Waals surface area contributed by atoms with E-state index in [-0.39, 0.29) is 19.3 Å². The number of likely N-dealkylation sites (tertiary alicyclic amines) is 1. The monoisotopic (exact) mass is 549 g/mol. The summed E-state index contributed by atoms with van der Waals surface area (Å²) in [5.41, 5.74) is 0. The molecule has 0 radical (unpaired) electrons. The molecule has 0 aromatic rings. The summed E-state index contributed by atoms with van der Waals surface area (Å²) in [5.74, 6) is 0. The lowest BCUT2D eigenvalue weighted by Gasteiger charge is -2.26. The molecule has 8 heteroatoms. The molecule has 1 aliphatic rings. The highest BCUT2D eigenvalue weighted by molar-refractivity contribution is 7.47. The third-order valence-corrected chi connectivity index (χ3v) is 8.30. The van der Waals surface area contributed by atoms with Crippen molar-refractivity contribution in [1.82, 2.24) is 4.90 Å². The van der Waals surface area contributed by atoms with E-state index in [1.54, 1.807) is 7.11 Å². The Kier molecular flexibility index (Phi) is 23.7. The van der Waals surface area contributed by atoms with E-state index in [9.17, 15) is 9.46 Å². The van der Waals surface area contributed by atoms with Crippen LogP contribution in [0, 0.1) is 0 Å². The van der Waals surface area contributed by atoms with Crippen LogP contribution in [0.1, 0.15) is 129 Å². The van der Waals surface area contributed by atoms with E-state index in [4.69, 9.17) is 18.5 Å². The van der Waals surface area contributed by atoms with Crippen molar-refractivity contribution in [3.05, 3.63) is 0 Å². The van der Waals surface area contributed by atoms with E-state index in [0.717, 1.165) is 19.5 Å². The maximum absolute atomic E-state index is 12.1. The van der Waals surface area contributed by atoms with Gasteiger partial charge in [-0.15, -0.1) is 0 Å². The molecule has 0 saturated carbocycles. The van der Waals surface area contributed by atoms with Crippen LogP contribution in [0.5, 0.6) is 0 Å². The van der Waals surface area contributed by atoms with Crippen molar-refractivity contribution < 1.29 is 28.0 Å². The van der Waals surface area contributed by atoms with Crippen LogP contribution in [0.2, 0.25) is 0 Å². The number of ether oxygens (including phenoxy) is 2. The molecule has 1 rings (SSSR count). The molecule has 0 aromatic carbocycles. The molecule has 1 N–H and O–H groups in total. The van der Waals surface area contributed by atoms with E-state index in [2.05, 4.69) is 11.8 Å². The summed E-state index contributed by atoms with van der Waals surface area (Å²) in [5, 5.41) is 0. The molecule has 0 amide bonds. The molecule has 1 fully saturated rings. The number of rotatable bonds is 27. The van der Waals surface area contributed by atoms with Gasteiger partial charge >= 0.3 is 7.82 Å². The lowest BCUT2D eigenvalue weighted by atomic mass is 10.0. The highest BCUT2D eigenvalue weighted by Crippen LogP contribution is 2.43. The second-order valence-electron chi connectivity index (χ2n) is 10.7. The second-order valence-corrected chi connectivity index (χ2v) is 12.2. The summed E-state index contributed by atoms with van der Waals surface area (Å²) in [4.78, 5) is 12.2. The van der Waals surface area contributed by atoms with Crippen molar-refractivity contribution in [2.45, 2.75) is 135 Å². The molecular weight excluding hydrogens is 489 g/mol. The second kappa shape index (κ2) is 25.0. The van der Waals surface area contributed by atoms with Crippen molar-refractivity contribution >= 4 is 7.82 Å². The van der Waals surface area contributed by atoms with Crippen molar-refractivity contribution in [2.75, 3.05) is 53.2 Å². The van der Waals surface area contributed by atoms with Crippen molar-refractivity contribution in [1.29, 1.82) is 0 Å². The predicted molar refractivity (Wildman–Crippen MR) is 153 cm³/mol. The van der Waals surface area contributed by atoms with Gasteiger partial charge in [0, 0.05) is 20.3 Å². The van der Waals surface area contributed by atoms with Crippen molar-refractivity contribution in [3.63, 3.8) is 0 Å². The summed E-state index contributed by atoms with van der Waals surface area (Å²) >= 11 is 0. The molecule has 2 atom stereocenters. The van der Waals surface area contributed by atoms with Crippen molar-refractivity contribution in [3.8, 4) is 0 Å². The minimum atomic E-state index is -4.07. The molecule has 37 heavy (non-hydrogen) atoms. The van der Waals surface area contributed by atoms with E-state index < -0.39 is 7.82 Å². The van der Waals surface area contributed by atoms with Gasteiger partial charge in [0.2, 0.25) is 0 Å². The number of nitrogens with zero attached hydrogens (tertiary/aromatic N) is 1. The van der Waals surface area contributed by atoms with Crippen LogP contribution >= 0.6 is 7.82 Å². The van der Waals surface area contributed by atoms with Gasteiger partial charge in [-0.05, 0) is 32.4 Å². The average molecular weight is 550 g/mol. The van der Waals surface area contributed by atoms with Gasteiger partial charge in [0.15, 0.2) is 0 Å². The van der Waals surface area contributed by atoms with Gasteiger partial charge in [0.05, 0.1) is 19.8 Å². The van der Waals surface area contributed by atoms with Gasteiger partial charge in [-0.2, -0.15) is 0 Å². The minimum absolute atomic E-state index is 0.0209. The standard InChI is InChI=1S/C29H60NO6P/c1-3-4-5-6-7-8-9-10-11-12-13-14-15-16-17-21-25-34-27-29(33-2)28-36-37(31,32)35-26-24-30-22-19-18-20-23-30/h29H,3-28H2,1-2H3,(H,31,32). The Morgan fingerprint density at radius 2 is 1.22 bits per heavy atom. The van der Waals surface area contributed by atoms with E-state index in [1.807, 2.05) is 0 Å². The Bertz CT molecular complexity index is 533. The zero-order valence-electron chi connectivity index (χ0n) is 24.3. The third kappa shape index (κ3) is 22.5. The molecule has 222 valence electrons. The quantitative estimate of drug-likeness (QED) is 0.0824. The molecule has 1 heterocycles. The molecule has 0 aliphatic carbocycles. The van der Waals surface area contributed by atoms with Crippen LogP contribution in [-0.2, 0) is 23.1 Å². The van der Waals surface area contributed by atoms with Crippen LogP contribution < -0.4 is 0 Å². The average Bonchev–Trinajstić information content (AvgIpc) is 2.90. The SMILES string of the molecule is CCCCCCCCCCCCCCCCCCOCC(COP(=O)(O)OCCN1CCCCC1)OC. The van der Waals surface area contributed by atoms with Gasteiger partial charge in [0.1, 0.15) is 6.10 Å². The summed E-state index contributed by atoms with van der Waals surface area (Å²) in [6.45, 7) is 6.20. The summed E-state index contributed by atoms with van der Waals surface area (Å²) in [6.07, 6.45) is 24.9. The van der Waals surface area contributed by atoms with Gasteiger partial charge in [-0.3, -0.25) is 9.05 Å². The fourth-order valence-electron chi connectivity index (χ4n) is 4.83. The first-order valence-electron chi connectivity index (χ1n) is 15.5. The molecule has 2 unspecified atom stereocenters. The zero-order valence-corrected chi connectivity index (χ0v) is 25.2. The van der Waals surface area contributed by atoms with Gasteiger partial charge in [0.25, 0.3) is 0 Å². The normalized spacial score (nSPS) is 17.2. The van der Waals surface area contributed by atoms with Gasteiger partial charge < -0.3 is 19.3 Å². The number of phosphoric acid groups is 1. The first-order chi connectivity index (χ1) is 18.1. The number of hydrogen-bond acceptors (Lipinski definition) is 6. The Morgan fingerprint density at radius 3 is 1.73 bits per heavy atom. The summed E-state index contributed by atoms with van der Waals surface area (Å²) < 4.78 is 33.4. The Hall–Kier alpha value is -0.0100. The van der Waals surface area contributed by atoms with Crippen LogP contribution in [0.25, 0.3) is 0 Å². The molecule has 1 aliphatic heterocycles. The number of piperidine rings is 1. The van der Waals surface area contributed by atoms with Gasteiger partial charge in [-0.25, -0.2) is 4.57 Å². The number of methoxy groups -OCH3 is 1. The zero-order chi connectivity index (χ0) is 26.9. The van der Waals surface area contributed by atoms with Crippen LogP contribution in [-0.4, -0.2) is 69.1 Å².